The molecule has 0 bridgehead atoms. The van der Waals surface area contributed by atoms with Gasteiger partial charge in [0, 0.05) is 70.5 Å². The molecule has 1 aliphatic heterocycles. The summed E-state index contributed by atoms with van der Waals surface area (Å²) >= 11 is 0. The van der Waals surface area contributed by atoms with Crippen molar-refractivity contribution in [3.8, 4) is 0 Å². The number of nitrogens with zero attached hydrogens (tertiary/aromatic N) is 5. The lowest BCUT2D eigenvalue weighted by molar-refractivity contribution is -0.384. The number of carbonyl (C=O) groups is 5. The summed E-state index contributed by atoms with van der Waals surface area (Å²) < 4.78 is 0. The molecule has 5 N–H and O–H groups in total. The van der Waals surface area contributed by atoms with E-state index in [4.69, 9.17) is 0 Å². The second-order valence-electron chi connectivity index (χ2n) is 10.2. The van der Waals surface area contributed by atoms with Crippen LogP contribution in [0.15, 0.2) is 24.3 Å². The Kier molecular flexibility index (Phi) is 14.4. The van der Waals surface area contributed by atoms with Gasteiger partial charge in [0.15, 0.2) is 0 Å². The van der Waals surface area contributed by atoms with Crippen molar-refractivity contribution < 1.29 is 49.3 Å². The Balaban J connectivity index is 2.30. The molecule has 1 aromatic carbocycles. The molecule has 2 rings (SSSR count). The molecule has 0 saturated carbocycles. The van der Waals surface area contributed by atoms with Gasteiger partial charge < -0.3 is 25.7 Å². The highest BCUT2D eigenvalue weighted by Crippen LogP contribution is 2.13. The minimum absolute atomic E-state index is 0.0111. The van der Waals surface area contributed by atoms with Crippen LogP contribution < -0.4 is 5.32 Å². The molecule has 1 heterocycles. The maximum atomic E-state index is 12.8. The highest BCUT2D eigenvalue weighted by molar-refractivity contribution is 5.78. The molecular formula is C26H38N6O11. The third kappa shape index (κ3) is 14.0. The predicted octanol–water partition coefficient (Wildman–Crippen LogP) is -1.43. The largest absolute Gasteiger partial charge is 0.480 e. The van der Waals surface area contributed by atoms with Crippen LogP contribution in [0.2, 0.25) is 0 Å². The van der Waals surface area contributed by atoms with Crippen LogP contribution in [-0.2, 0) is 30.4 Å². The highest BCUT2D eigenvalue weighted by atomic mass is 16.6. The third-order valence-electron chi connectivity index (χ3n) is 6.83. The van der Waals surface area contributed by atoms with Crippen LogP contribution in [0.5, 0.6) is 0 Å². The fraction of sp³-hybridized carbons (Fsp3) is 0.577. The van der Waals surface area contributed by atoms with E-state index < -0.39 is 53.8 Å². The highest BCUT2D eigenvalue weighted by Gasteiger charge is 2.27. The van der Waals surface area contributed by atoms with E-state index in [2.05, 4.69) is 5.32 Å². The summed E-state index contributed by atoms with van der Waals surface area (Å²) in [4.78, 5) is 75.8. The van der Waals surface area contributed by atoms with Crippen LogP contribution in [0.25, 0.3) is 0 Å². The lowest BCUT2D eigenvalue weighted by Crippen LogP contribution is -2.54. The van der Waals surface area contributed by atoms with Crippen molar-refractivity contribution in [3.05, 3.63) is 39.9 Å². The smallest absolute Gasteiger partial charge is 0.317 e. The van der Waals surface area contributed by atoms with Crippen LogP contribution in [0, 0.1) is 10.1 Å². The van der Waals surface area contributed by atoms with E-state index >= 15 is 0 Å². The Morgan fingerprint density at radius 3 is 1.74 bits per heavy atom. The first-order valence-corrected chi connectivity index (χ1v) is 13.6. The van der Waals surface area contributed by atoms with E-state index in [-0.39, 0.29) is 64.5 Å². The van der Waals surface area contributed by atoms with E-state index in [9.17, 15) is 54.5 Å². The summed E-state index contributed by atoms with van der Waals surface area (Å²) in [6, 6.07) is 4.72. The van der Waals surface area contributed by atoms with Gasteiger partial charge in [0.1, 0.15) is 0 Å². The molecule has 238 valence electrons. The molecule has 0 spiro atoms. The normalized spacial score (nSPS) is 18.5. The quantitative estimate of drug-likeness (QED) is 0.127. The number of nitrogens with one attached hydrogen (secondary N) is 1. The summed E-state index contributed by atoms with van der Waals surface area (Å²) in [5.74, 6) is -4.92. The fourth-order valence-electron chi connectivity index (χ4n) is 4.81. The van der Waals surface area contributed by atoms with Gasteiger partial charge in [-0.25, -0.2) is 0 Å². The SMILES string of the molecule is O=C(O)CN1CCCN(CC(=O)O)CCN(CC(=O)O)C(CNC(=O)Cc2ccc([N+](=O)[O-])cc2)CN(CC(=O)O)CC1. The van der Waals surface area contributed by atoms with Gasteiger partial charge in [0.05, 0.1) is 37.5 Å². The number of non-ortho nitro benzene ring substituents is 1. The number of hydrogen-bond acceptors (Lipinski definition) is 11. The lowest BCUT2D eigenvalue weighted by atomic mass is 10.1. The van der Waals surface area contributed by atoms with Gasteiger partial charge >= 0.3 is 23.9 Å². The van der Waals surface area contributed by atoms with Gasteiger partial charge in [0.25, 0.3) is 5.69 Å². The number of hydrogen-bond donors (Lipinski definition) is 5. The van der Waals surface area contributed by atoms with E-state index in [0.29, 0.717) is 25.1 Å². The monoisotopic (exact) mass is 610 g/mol. The average molecular weight is 611 g/mol. The fourth-order valence-corrected chi connectivity index (χ4v) is 4.81. The number of carboxylic acid groups (broad SMARTS) is 4. The maximum absolute atomic E-state index is 12.8. The molecule has 17 nitrogen and oxygen atoms in total. The lowest BCUT2D eigenvalue weighted by Gasteiger charge is -2.35. The molecule has 1 aromatic rings. The second kappa shape index (κ2) is 17.7. The molecule has 1 atom stereocenters. The molecule has 1 unspecified atom stereocenters. The molecule has 1 fully saturated rings. The Morgan fingerprint density at radius 1 is 0.744 bits per heavy atom. The summed E-state index contributed by atoms with van der Waals surface area (Å²) in [6.45, 7) is -0.339. The molecule has 0 aliphatic carbocycles. The van der Waals surface area contributed by atoms with Crippen LogP contribution in [0.3, 0.4) is 0 Å². The summed E-state index contributed by atoms with van der Waals surface area (Å²) in [7, 11) is 0. The van der Waals surface area contributed by atoms with E-state index in [1.54, 1.807) is 19.6 Å². The van der Waals surface area contributed by atoms with Gasteiger partial charge in [-0.15, -0.1) is 0 Å². The van der Waals surface area contributed by atoms with Crippen molar-refractivity contribution in [1.29, 1.82) is 0 Å². The zero-order valence-corrected chi connectivity index (χ0v) is 23.7. The molecule has 1 saturated heterocycles. The number of benzene rings is 1. The predicted molar refractivity (Wildman–Crippen MR) is 150 cm³/mol. The van der Waals surface area contributed by atoms with Crippen LogP contribution in [0.1, 0.15) is 12.0 Å². The summed E-state index contributed by atoms with van der Waals surface area (Å²) in [5.41, 5.74) is 0.380. The molecule has 1 amide bonds. The molecule has 1 aliphatic rings. The minimum atomic E-state index is -1.17. The molecule has 17 heteroatoms. The summed E-state index contributed by atoms with van der Waals surface area (Å²) in [5, 5.41) is 51.5. The number of nitro groups is 1. The number of aliphatic carboxylic acids is 4. The van der Waals surface area contributed by atoms with Crippen molar-refractivity contribution in [3.63, 3.8) is 0 Å². The Morgan fingerprint density at radius 2 is 1.23 bits per heavy atom. The van der Waals surface area contributed by atoms with Gasteiger partial charge in [-0.1, -0.05) is 12.1 Å². The first-order chi connectivity index (χ1) is 20.3. The van der Waals surface area contributed by atoms with Crippen molar-refractivity contribution in [1.82, 2.24) is 24.9 Å². The number of rotatable bonds is 13. The first-order valence-electron chi connectivity index (χ1n) is 13.6. The second-order valence-corrected chi connectivity index (χ2v) is 10.2. The Labute approximate surface area is 247 Å². The van der Waals surface area contributed by atoms with Crippen molar-refractivity contribution >= 4 is 35.5 Å². The maximum Gasteiger partial charge on any atom is 0.317 e. The zero-order valence-electron chi connectivity index (χ0n) is 23.7. The standard InChI is InChI=1S/C26H38N6O11/c33-22(12-19-2-4-20(5-3-19)32(42)43)27-13-21-14-30(17-25(38)39)9-8-28(15-23(34)35)6-1-7-29(16-24(36)37)10-11-31(21)18-26(40)41/h2-5,21H,1,6-18H2,(H,27,33)(H,34,35)(H,36,37)(H,38,39)(H,40,41). The number of carboxylic acids is 4. The van der Waals surface area contributed by atoms with Crippen LogP contribution in [-0.4, -0.2) is 159 Å². The molecule has 0 radical (unpaired) electrons. The number of nitro benzene ring substituents is 1. The summed E-state index contributed by atoms with van der Waals surface area (Å²) in [6.07, 6.45) is 0.319. The van der Waals surface area contributed by atoms with Gasteiger partial charge in [-0.3, -0.25) is 53.7 Å². The zero-order chi connectivity index (χ0) is 31.9. The topological polar surface area (TPSA) is 234 Å². The molecular weight excluding hydrogens is 572 g/mol. The molecule has 43 heavy (non-hydrogen) atoms. The Hall–Kier alpha value is -4.19. The van der Waals surface area contributed by atoms with Crippen molar-refractivity contribution in [2.75, 3.05) is 78.5 Å². The van der Waals surface area contributed by atoms with Crippen LogP contribution >= 0.6 is 0 Å². The number of carbonyl (C=O) groups excluding carboxylic acids is 1. The van der Waals surface area contributed by atoms with E-state index in [1.807, 2.05) is 0 Å². The average Bonchev–Trinajstić information content (AvgIpc) is 2.91. The molecule has 0 aromatic heterocycles. The van der Waals surface area contributed by atoms with Crippen LogP contribution in [0.4, 0.5) is 5.69 Å². The van der Waals surface area contributed by atoms with E-state index in [0.717, 1.165) is 0 Å². The minimum Gasteiger partial charge on any atom is -0.480 e. The Bertz CT molecular complexity index is 1130. The third-order valence-corrected chi connectivity index (χ3v) is 6.83. The van der Waals surface area contributed by atoms with Crippen molar-refractivity contribution in [2.24, 2.45) is 0 Å². The van der Waals surface area contributed by atoms with Crippen molar-refractivity contribution in [2.45, 2.75) is 18.9 Å². The van der Waals surface area contributed by atoms with Gasteiger partial charge in [0.2, 0.25) is 5.91 Å². The van der Waals surface area contributed by atoms with E-state index in [1.165, 1.54) is 24.3 Å². The van der Waals surface area contributed by atoms with Gasteiger partial charge in [-0.2, -0.15) is 0 Å². The van der Waals surface area contributed by atoms with Gasteiger partial charge in [-0.05, 0) is 12.0 Å². The number of amides is 1. The first kappa shape index (κ1) is 35.0.